The summed E-state index contributed by atoms with van der Waals surface area (Å²) in [6.45, 7) is 0.720. The molecule has 1 saturated carbocycles. The molecular weight excluding hydrogens is 300 g/mol. The molecule has 1 aliphatic rings. The summed E-state index contributed by atoms with van der Waals surface area (Å²) in [4.78, 5) is 10.8. The van der Waals surface area contributed by atoms with Gasteiger partial charge in [-0.3, -0.25) is 10.1 Å². The summed E-state index contributed by atoms with van der Waals surface area (Å²) in [6.07, 6.45) is 4.74. The van der Waals surface area contributed by atoms with Gasteiger partial charge in [0.15, 0.2) is 11.5 Å². The summed E-state index contributed by atoms with van der Waals surface area (Å²) in [5.74, 6) is 0.778. The third-order valence-corrected chi connectivity index (χ3v) is 4.34. The Hall–Kier alpha value is -1.86. The van der Waals surface area contributed by atoms with Gasteiger partial charge in [-0.2, -0.15) is 0 Å². The van der Waals surface area contributed by atoms with Gasteiger partial charge >= 0.3 is 0 Å². The average molecular weight is 324 g/mol. The minimum Gasteiger partial charge on any atom is -0.493 e. The maximum atomic E-state index is 11.2. The molecule has 0 heterocycles. The highest BCUT2D eigenvalue weighted by molar-refractivity contribution is 5.54. The van der Waals surface area contributed by atoms with Crippen molar-refractivity contribution in [1.82, 2.24) is 5.32 Å². The van der Waals surface area contributed by atoms with E-state index in [1.54, 1.807) is 6.07 Å². The van der Waals surface area contributed by atoms with Crippen molar-refractivity contribution < 1.29 is 19.5 Å². The number of aliphatic hydroxyl groups is 1. The molecule has 128 valence electrons. The van der Waals surface area contributed by atoms with E-state index in [2.05, 4.69) is 5.32 Å². The van der Waals surface area contributed by atoms with E-state index in [0.29, 0.717) is 30.2 Å². The number of ether oxygens (including phenoxy) is 2. The van der Waals surface area contributed by atoms with Crippen molar-refractivity contribution in [2.45, 2.75) is 44.2 Å². The van der Waals surface area contributed by atoms with E-state index in [0.717, 1.165) is 32.1 Å². The molecule has 2 N–H and O–H groups in total. The zero-order chi connectivity index (χ0) is 16.9. The fraction of sp³-hybridized carbons (Fsp3) is 0.625. The van der Waals surface area contributed by atoms with E-state index in [1.807, 2.05) is 0 Å². The monoisotopic (exact) mass is 324 g/mol. The first-order chi connectivity index (χ1) is 11.0. The van der Waals surface area contributed by atoms with Gasteiger partial charge in [0.2, 0.25) is 0 Å². The molecule has 1 aliphatic carbocycles. The smallest absolute Gasteiger partial charge is 0.277 e. The van der Waals surface area contributed by atoms with Crippen LogP contribution < -0.4 is 14.8 Å². The summed E-state index contributed by atoms with van der Waals surface area (Å²) in [6, 6.07) is 2.97. The fourth-order valence-corrected chi connectivity index (χ4v) is 3.04. The molecule has 0 spiro atoms. The lowest BCUT2D eigenvalue weighted by Gasteiger charge is -2.32. The van der Waals surface area contributed by atoms with Gasteiger partial charge in [-0.1, -0.05) is 19.3 Å². The van der Waals surface area contributed by atoms with E-state index in [4.69, 9.17) is 9.47 Å². The Kier molecular flexibility index (Phi) is 5.79. The van der Waals surface area contributed by atoms with Crippen molar-refractivity contribution in [1.29, 1.82) is 0 Å². The first-order valence-electron chi connectivity index (χ1n) is 7.81. The lowest BCUT2D eigenvalue weighted by molar-refractivity contribution is -0.385. The maximum Gasteiger partial charge on any atom is 0.277 e. The minimum absolute atomic E-state index is 0.0224. The molecule has 0 aromatic heterocycles. The van der Waals surface area contributed by atoms with Crippen molar-refractivity contribution >= 4 is 5.69 Å². The Morgan fingerprint density at radius 3 is 2.39 bits per heavy atom. The molecule has 1 aromatic rings. The van der Waals surface area contributed by atoms with Gasteiger partial charge < -0.3 is 19.9 Å². The van der Waals surface area contributed by atoms with Crippen molar-refractivity contribution in [2.75, 3.05) is 20.8 Å². The van der Waals surface area contributed by atoms with Gasteiger partial charge in [-0.25, -0.2) is 0 Å². The van der Waals surface area contributed by atoms with Crippen LogP contribution in [0.4, 0.5) is 5.69 Å². The highest BCUT2D eigenvalue weighted by Crippen LogP contribution is 2.34. The molecule has 2 rings (SSSR count). The molecule has 7 heteroatoms. The number of methoxy groups -OCH3 is 2. The van der Waals surface area contributed by atoms with Crippen LogP contribution in [0, 0.1) is 10.1 Å². The average Bonchev–Trinajstić information content (AvgIpc) is 2.54. The molecule has 0 saturated heterocycles. The zero-order valence-corrected chi connectivity index (χ0v) is 13.6. The quantitative estimate of drug-likeness (QED) is 0.591. The first-order valence-corrected chi connectivity index (χ1v) is 7.81. The highest BCUT2D eigenvalue weighted by atomic mass is 16.6. The standard InChI is InChI=1S/C16H24N2O5/c1-22-14-8-12(13(18(20)21)9-15(14)23-2)10-17-11-16(19)6-4-3-5-7-16/h8-9,17,19H,3-7,10-11H2,1-2H3. The fourth-order valence-electron chi connectivity index (χ4n) is 3.04. The van der Waals surface area contributed by atoms with Gasteiger partial charge in [-0.05, 0) is 18.9 Å². The number of hydrogen-bond donors (Lipinski definition) is 2. The van der Waals surface area contributed by atoms with Gasteiger partial charge in [0.25, 0.3) is 5.69 Å². The SMILES string of the molecule is COc1cc(CNCC2(O)CCCCC2)c([N+](=O)[O-])cc1OC. The van der Waals surface area contributed by atoms with Crippen LogP contribution in [0.3, 0.4) is 0 Å². The van der Waals surface area contributed by atoms with Gasteiger partial charge in [-0.15, -0.1) is 0 Å². The summed E-state index contributed by atoms with van der Waals surface area (Å²) >= 11 is 0. The van der Waals surface area contributed by atoms with E-state index < -0.39 is 10.5 Å². The first kappa shape index (κ1) is 17.5. The van der Waals surface area contributed by atoms with E-state index in [1.165, 1.54) is 20.3 Å². The summed E-state index contributed by atoms with van der Waals surface area (Å²) in [7, 11) is 2.93. The number of nitro benzene ring substituents is 1. The van der Waals surface area contributed by atoms with Crippen molar-refractivity contribution in [3.63, 3.8) is 0 Å². The molecule has 7 nitrogen and oxygen atoms in total. The Labute approximate surface area is 135 Å². The molecule has 0 unspecified atom stereocenters. The molecule has 0 bridgehead atoms. The number of nitro groups is 1. The van der Waals surface area contributed by atoms with Crippen LogP contribution in [0.25, 0.3) is 0 Å². The third kappa shape index (κ3) is 4.33. The van der Waals surface area contributed by atoms with Gasteiger partial charge in [0.05, 0.1) is 30.8 Å². The van der Waals surface area contributed by atoms with Crippen molar-refractivity contribution in [3.8, 4) is 11.5 Å². The lowest BCUT2D eigenvalue weighted by Crippen LogP contribution is -2.41. The largest absolute Gasteiger partial charge is 0.493 e. The third-order valence-electron chi connectivity index (χ3n) is 4.34. The van der Waals surface area contributed by atoms with Crippen LogP contribution >= 0.6 is 0 Å². The van der Waals surface area contributed by atoms with Gasteiger partial charge in [0, 0.05) is 18.7 Å². The van der Waals surface area contributed by atoms with Crippen molar-refractivity contribution in [3.05, 3.63) is 27.8 Å². The minimum atomic E-state index is -0.705. The number of hydrogen-bond acceptors (Lipinski definition) is 6. The second-order valence-corrected chi connectivity index (χ2v) is 5.98. The molecule has 0 aliphatic heterocycles. The zero-order valence-electron chi connectivity index (χ0n) is 13.6. The van der Waals surface area contributed by atoms with Crippen LogP contribution in [-0.2, 0) is 6.54 Å². The summed E-state index contributed by atoms with van der Waals surface area (Å²) in [5, 5.41) is 24.9. The molecule has 0 radical (unpaired) electrons. The number of nitrogens with zero attached hydrogens (tertiary/aromatic N) is 1. The summed E-state index contributed by atoms with van der Waals surface area (Å²) in [5.41, 5.74) is -0.221. The molecule has 0 amide bonds. The normalized spacial score (nSPS) is 16.8. The number of rotatable bonds is 7. The topological polar surface area (TPSA) is 93.9 Å². The number of benzene rings is 1. The van der Waals surface area contributed by atoms with Crippen molar-refractivity contribution in [2.24, 2.45) is 0 Å². The van der Waals surface area contributed by atoms with E-state index >= 15 is 0 Å². The Bertz CT molecular complexity index is 556. The van der Waals surface area contributed by atoms with Crippen LogP contribution in [0.1, 0.15) is 37.7 Å². The Morgan fingerprint density at radius 2 is 1.83 bits per heavy atom. The predicted octanol–water partition coefficient (Wildman–Crippen LogP) is 2.40. The van der Waals surface area contributed by atoms with Gasteiger partial charge in [0.1, 0.15) is 0 Å². The maximum absolute atomic E-state index is 11.2. The molecular formula is C16H24N2O5. The second kappa shape index (κ2) is 7.61. The van der Waals surface area contributed by atoms with Crippen LogP contribution in [0.5, 0.6) is 11.5 Å². The van der Waals surface area contributed by atoms with E-state index in [9.17, 15) is 15.2 Å². The Morgan fingerprint density at radius 1 is 1.22 bits per heavy atom. The predicted molar refractivity (Wildman–Crippen MR) is 85.9 cm³/mol. The summed E-state index contributed by atoms with van der Waals surface area (Å²) < 4.78 is 10.3. The lowest BCUT2D eigenvalue weighted by atomic mass is 9.85. The molecule has 23 heavy (non-hydrogen) atoms. The molecule has 0 atom stereocenters. The van der Waals surface area contributed by atoms with Crippen LogP contribution in [-0.4, -0.2) is 36.4 Å². The Balaban J connectivity index is 2.10. The van der Waals surface area contributed by atoms with E-state index in [-0.39, 0.29) is 5.69 Å². The molecule has 1 fully saturated rings. The molecule has 1 aromatic carbocycles. The highest BCUT2D eigenvalue weighted by Gasteiger charge is 2.29. The second-order valence-electron chi connectivity index (χ2n) is 5.98. The van der Waals surface area contributed by atoms with Crippen LogP contribution in [0.2, 0.25) is 0 Å². The van der Waals surface area contributed by atoms with Crippen LogP contribution in [0.15, 0.2) is 12.1 Å². The number of nitrogens with one attached hydrogen (secondary N) is 1.